The fraction of sp³-hybridized carbons (Fsp3) is 0.684. The van der Waals surface area contributed by atoms with Gasteiger partial charge in [-0.15, -0.1) is 0 Å². The lowest BCUT2D eigenvalue weighted by Gasteiger charge is -2.35. The van der Waals surface area contributed by atoms with Gasteiger partial charge in [0.1, 0.15) is 0 Å². The van der Waals surface area contributed by atoms with Crippen molar-refractivity contribution in [2.75, 3.05) is 6.54 Å². The predicted octanol–water partition coefficient (Wildman–Crippen LogP) is 4.09. The molecule has 2 fully saturated rings. The molecule has 1 aliphatic heterocycles. The maximum absolute atomic E-state index is 3.59. The maximum atomic E-state index is 3.59. The second-order valence-corrected chi connectivity index (χ2v) is 6.88. The molecule has 1 aromatic rings. The van der Waals surface area contributed by atoms with Crippen LogP contribution in [0.1, 0.15) is 63.0 Å². The Morgan fingerprint density at radius 3 is 2.52 bits per heavy atom. The second-order valence-electron chi connectivity index (χ2n) is 6.88. The molecule has 2 aliphatic rings. The Labute approximate surface area is 129 Å². The summed E-state index contributed by atoms with van der Waals surface area (Å²) in [6.07, 6.45) is 9.61. The van der Waals surface area contributed by atoms with Gasteiger partial charge in [-0.25, -0.2) is 0 Å². The fourth-order valence-corrected chi connectivity index (χ4v) is 3.47. The third kappa shape index (κ3) is 4.55. The molecule has 1 N–H and O–H groups in total. The molecule has 0 radical (unpaired) electrons. The van der Waals surface area contributed by atoms with Crippen LogP contribution in [0.2, 0.25) is 0 Å². The topological polar surface area (TPSA) is 15.3 Å². The molecule has 116 valence electrons. The van der Waals surface area contributed by atoms with E-state index in [4.69, 9.17) is 0 Å². The van der Waals surface area contributed by atoms with Crippen LogP contribution in [0.4, 0.5) is 0 Å². The van der Waals surface area contributed by atoms with Gasteiger partial charge in [0.2, 0.25) is 0 Å². The van der Waals surface area contributed by atoms with Crippen molar-refractivity contribution < 1.29 is 0 Å². The number of rotatable bonds is 7. The first-order chi connectivity index (χ1) is 10.3. The zero-order valence-electron chi connectivity index (χ0n) is 13.5. The van der Waals surface area contributed by atoms with Crippen LogP contribution in [0.3, 0.4) is 0 Å². The van der Waals surface area contributed by atoms with Crippen molar-refractivity contribution in [1.82, 2.24) is 10.2 Å². The summed E-state index contributed by atoms with van der Waals surface area (Å²) in [6, 6.07) is 10.9. The average Bonchev–Trinajstić information content (AvgIpc) is 3.33. The molecule has 0 aromatic heterocycles. The third-order valence-corrected chi connectivity index (χ3v) is 4.95. The van der Waals surface area contributed by atoms with Crippen LogP contribution in [0.15, 0.2) is 24.3 Å². The minimum Gasteiger partial charge on any atom is -0.310 e. The largest absolute Gasteiger partial charge is 0.310 e. The lowest BCUT2D eigenvalue weighted by atomic mass is 9.97. The highest BCUT2D eigenvalue weighted by molar-refractivity contribution is 5.22. The highest BCUT2D eigenvalue weighted by Crippen LogP contribution is 2.23. The molecule has 3 rings (SSSR count). The van der Waals surface area contributed by atoms with E-state index in [1.807, 2.05) is 0 Å². The van der Waals surface area contributed by atoms with E-state index in [9.17, 15) is 0 Å². The molecular weight excluding hydrogens is 256 g/mol. The molecule has 1 aromatic carbocycles. The minimum absolute atomic E-state index is 0.799. The van der Waals surface area contributed by atoms with E-state index in [2.05, 4.69) is 41.4 Å². The predicted molar refractivity (Wildman–Crippen MR) is 89.3 cm³/mol. The van der Waals surface area contributed by atoms with Gasteiger partial charge in [-0.3, -0.25) is 4.90 Å². The standard InChI is InChI=1S/C19H30N2/c1-2-5-19-6-3-4-13-21(19)15-17-9-7-16(8-10-17)14-20-18-11-12-18/h7-10,18-20H,2-6,11-15H2,1H3. The average molecular weight is 286 g/mol. The fourth-order valence-electron chi connectivity index (χ4n) is 3.47. The molecule has 1 heterocycles. The smallest absolute Gasteiger partial charge is 0.0236 e. The van der Waals surface area contributed by atoms with E-state index >= 15 is 0 Å². The number of nitrogens with one attached hydrogen (secondary N) is 1. The molecule has 1 atom stereocenters. The van der Waals surface area contributed by atoms with E-state index in [1.165, 1.54) is 62.6 Å². The first-order valence-corrected chi connectivity index (χ1v) is 8.90. The van der Waals surface area contributed by atoms with Crippen molar-refractivity contribution in [3.8, 4) is 0 Å². The first-order valence-electron chi connectivity index (χ1n) is 8.90. The summed E-state index contributed by atoms with van der Waals surface area (Å²) >= 11 is 0. The lowest BCUT2D eigenvalue weighted by molar-refractivity contribution is 0.131. The van der Waals surface area contributed by atoms with Crippen molar-refractivity contribution in [3.63, 3.8) is 0 Å². The van der Waals surface area contributed by atoms with Gasteiger partial charge < -0.3 is 5.32 Å². The van der Waals surface area contributed by atoms with Crippen LogP contribution < -0.4 is 5.32 Å². The number of likely N-dealkylation sites (tertiary alicyclic amines) is 1. The maximum Gasteiger partial charge on any atom is 0.0236 e. The van der Waals surface area contributed by atoms with Gasteiger partial charge in [0.25, 0.3) is 0 Å². The molecule has 2 heteroatoms. The monoisotopic (exact) mass is 286 g/mol. The van der Waals surface area contributed by atoms with E-state index in [-0.39, 0.29) is 0 Å². The van der Waals surface area contributed by atoms with Crippen LogP contribution in [-0.2, 0) is 13.1 Å². The summed E-state index contributed by atoms with van der Waals surface area (Å²) in [4.78, 5) is 2.71. The molecule has 1 aliphatic carbocycles. The van der Waals surface area contributed by atoms with Crippen LogP contribution in [0, 0.1) is 0 Å². The van der Waals surface area contributed by atoms with Crippen LogP contribution in [0.5, 0.6) is 0 Å². The van der Waals surface area contributed by atoms with Gasteiger partial charge in [0, 0.05) is 25.2 Å². The van der Waals surface area contributed by atoms with E-state index in [1.54, 1.807) is 0 Å². The number of piperidine rings is 1. The summed E-state index contributed by atoms with van der Waals surface area (Å²) in [6.45, 7) is 5.78. The van der Waals surface area contributed by atoms with E-state index in [0.29, 0.717) is 0 Å². The van der Waals surface area contributed by atoms with Gasteiger partial charge in [-0.05, 0) is 49.8 Å². The van der Waals surface area contributed by atoms with Crippen LogP contribution in [-0.4, -0.2) is 23.5 Å². The van der Waals surface area contributed by atoms with Gasteiger partial charge in [-0.2, -0.15) is 0 Å². The summed E-state index contributed by atoms with van der Waals surface area (Å²) in [5.74, 6) is 0. The van der Waals surface area contributed by atoms with Crippen molar-refractivity contribution in [2.24, 2.45) is 0 Å². The van der Waals surface area contributed by atoms with Crippen molar-refractivity contribution in [3.05, 3.63) is 35.4 Å². The van der Waals surface area contributed by atoms with E-state index < -0.39 is 0 Å². The Kier molecular flexibility index (Phi) is 5.32. The number of benzene rings is 1. The molecule has 1 unspecified atom stereocenters. The van der Waals surface area contributed by atoms with E-state index in [0.717, 1.165) is 25.2 Å². The Hall–Kier alpha value is -0.860. The molecule has 2 nitrogen and oxygen atoms in total. The number of nitrogens with zero attached hydrogens (tertiary/aromatic N) is 1. The van der Waals surface area contributed by atoms with Gasteiger partial charge in [-0.1, -0.05) is 44.0 Å². The molecule has 1 saturated heterocycles. The highest BCUT2D eigenvalue weighted by atomic mass is 15.2. The normalized spacial score (nSPS) is 23.4. The Bertz CT molecular complexity index is 420. The number of hydrogen-bond acceptors (Lipinski definition) is 2. The van der Waals surface area contributed by atoms with Crippen molar-refractivity contribution >= 4 is 0 Å². The van der Waals surface area contributed by atoms with Gasteiger partial charge >= 0.3 is 0 Å². The van der Waals surface area contributed by atoms with Gasteiger partial charge in [0.05, 0.1) is 0 Å². The first kappa shape index (κ1) is 15.1. The molecule has 1 saturated carbocycles. The summed E-state index contributed by atoms with van der Waals surface area (Å²) in [5, 5.41) is 3.59. The molecular formula is C19H30N2. The van der Waals surface area contributed by atoms with Gasteiger partial charge in [0.15, 0.2) is 0 Å². The van der Waals surface area contributed by atoms with Crippen molar-refractivity contribution in [2.45, 2.75) is 77.0 Å². The zero-order chi connectivity index (χ0) is 14.5. The summed E-state index contributed by atoms with van der Waals surface area (Å²) in [7, 11) is 0. The molecule has 0 amide bonds. The second kappa shape index (κ2) is 7.42. The quantitative estimate of drug-likeness (QED) is 0.812. The Balaban J connectivity index is 1.52. The Morgan fingerprint density at radius 2 is 1.81 bits per heavy atom. The molecule has 0 bridgehead atoms. The summed E-state index contributed by atoms with van der Waals surface area (Å²) in [5.41, 5.74) is 2.91. The zero-order valence-corrected chi connectivity index (χ0v) is 13.5. The number of hydrogen-bond donors (Lipinski definition) is 1. The highest BCUT2D eigenvalue weighted by Gasteiger charge is 2.22. The van der Waals surface area contributed by atoms with Crippen LogP contribution in [0.25, 0.3) is 0 Å². The third-order valence-electron chi connectivity index (χ3n) is 4.95. The minimum atomic E-state index is 0.799. The SMILES string of the molecule is CCCC1CCCCN1Cc1ccc(CNC2CC2)cc1. The van der Waals surface area contributed by atoms with Crippen molar-refractivity contribution in [1.29, 1.82) is 0 Å². The molecule has 0 spiro atoms. The molecule has 21 heavy (non-hydrogen) atoms. The lowest BCUT2D eigenvalue weighted by Crippen LogP contribution is -2.38. The Morgan fingerprint density at radius 1 is 1.05 bits per heavy atom. The van der Waals surface area contributed by atoms with Crippen LogP contribution >= 0.6 is 0 Å². The summed E-state index contributed by atoms with van der Waals surface area (Å²) < 4.78 is 0.